The summed E-state index contributed by atoms with van der Waals surface area (Å²) < 4.78 is 13.1. The molecule has 4 rings (SSSR count). The van der Waals surface area contributed by atoms with E-state index in [-0.39, 0.29) is 5.91 Å². The lowest BCUT2D eigenvalue weighted by atomic mass is 10.1. The third-order valence-electron chi connectivity index (χ3n) is 4.34. The molecular formula is C21H20N2O3. The Hall–Kier alpha value is -3.21. The topological polar surface area (TPSA) is 52.5 Å². The molecule has 0 aliphatic carbocycles. The Kier molecular flexibility index (Phi) is 4.60. The van der Waals surface area contributed by atoms with Crippen molar-refractivity contribution in [1.82, 2.24) is 9.88 Å². The molecule has 1 aliphatic heterocycles. The molecule has 1 aromatic heterocycles. The Morgan fingerprint density at radius 3 is 2.46 bits per heavy atom. The fraction of sp³-hybridized carbons (Fsp3) is 0.190. The summed E-state index contributed by atoms with van der Waals surface area (Å²) in [6.45, 7) is 1.73. The van der Waals surface area contributed by atoms with Gasteiger partial charge in [0.05, 0.1) is 0 Å². The lowest BCUT2D eigenvalue weighted by molar-refractivity contribution is 0.0954. The van der Waals surface area contributed by atoms with Gasteiger partial charge in [-0.1, -0.05) is 6.07 Å². The van der Waals surface area contributed by atoms with Crippen LogP contribution in [0.1, 0.15) is 15.9 Å². The van der Waals surface area contributed by atoms with Crippen LogP contribution in [0.5, 0.6) is 11.5 Å². The van der Waals surface area contributed by atoms with Gasteiger partial charge in [-0.05, 0) is 60.5 Å². The van der Waals surface area contributed by atoms with Gasteiger partial charge in [0.1, 0.15) is 13.2 Å². The molecule has 2 heterocycles. The number of aromatic nitrogens is 1. The van der Waals surface area contributed by atoms with E-state index in [1.54, 1.807) is 0 Å². The highest BCUT2D eigenvalue weighted by Crippen LogP contribution is 2.30. The number of hydrogen-bond acceptors (Lipinski definition) is 3. The maximum atomic E-state index is 12.3. The zero-order valence-electron chi connectivity index (χ0n) is 14.4. The van der Waals surface area contributed by atoms with Gasteiger partial charge in [-0.25, -0.2) is 0 Å². The third kappa shape index (κ3) is 3.57. The Bertz CT molecular complexity index is 886. The SMILES string of the molecule is O=C(NCCc1ccc2c(c1)OCCO2)c1ccc(-n2cccc2)cc1. The van der Waals surface area contributed by atoms with E-state index in [1.165, 1.54) is 0 Å². The Balaban J connectivity index is 1.32. The lowest BCUT2D eigenvalue weighted by Gasteiger charge is -2.18. The van der Waals surface area contributed by atoms with Crippen LogP contribution in [0.15, 0.2) is 67.0 Å². The molecule has 3 aromatic rings. The molecule has 0 bridgehead atoms. The van der Waals surface area contributed by atoms with Gasteiger partial charge in [0.15, 0.2) is 11.5 Å². The van der Waals surface area contributed by atoms with Gasteiger partial charge in [-0.2, -0.15) is 0 Å². The van der Waals surface area contributed by atoms with Gasteiger partial charge in [0, 0.05) is 30.2 Å². The van der Waals surface area contributed by atoms with Crippen molar-refractivity contribution >= 4 is 5.91 Å². The first-order valence-electron chi connectivity index (χ1n) is 8.70. The van der Waals surface area contributed by atoms with E-state index in [1.807, 2.05) is 71.6 Å². The fourth-order valence-electron chi connectivity index (χ4n) is 2.96. The molecule has 132 valence electrons. The van der Waals surface area contributed by atoms with Crippen LogP contribution in [0.25, 0.3) is 5.69 Å². The van der Waals surface area contributed by atoms with Gasteiger partial charge in [-0.3, -0.25) is 4.79 Å². The van der Waals surface area contributed by atoms with Crippen molar-refractivity contribution in [3.63, 3.8) is 0 Å². The molecule has 0 spiro atoms. The Morgan fingerprint density at radius 1 is 0.962 bits per heavy atom. The van der Waals surface area contributed by atoms with Gasteiger partial charge in [0.25, 0.3) is 5.91 Å². The van der Waals surface area contributed by atoms with Gasteiger partial charge in [0.2, 0.25) is 0 Å². The predicted octanol–water partition coefficient (Wildman–Crippen LogP) is 3.22. The van der Waals surface area contributed by atoms with Crippen molar-refractivity contribution < 1.29 is 14.3 Å². The summed E-state index contributed by atoms with van der Waals surface area (Å²) in [5, 5.41) is 2.96. The molecule has 2 aromatic carbocycles. The van der Waals surface area contributed by atoms with E-state index in [0.717, 1.165) is 29.2 Å². The number of nitrogens with one attached hydrogen (secondary N) is 1. The fourth-order valence-corrected chi connectivity index (χ4v) is 2.96. The average Bonchev–Trinajstić information content (AvgIpc) is 3.23. The second kappa shape index (κ2) is 7.35. The van der Waals surface area contributed by atoms with Crippen LogP contribution in [0.3, 0.4) is 0 Å². The molecule has 0 saturated carbocycles. The summed E-state index contributed by atoms with van der Waals surface area (Å²) in [5.74, 6) is 1.49. The van der Waals surface area contributed by atoms with Crippen molar-refractivity contribution in [2.45, 2.75) is 6.42 Å². The summed E-state index contributed by atoms with van der Waals surface area (Å²) in [4.78, 5) is 12.3. The van der Waals surface area contributed by atoms with Gasteiger partial charge >= 0.3 is 0 Å². The zero-order valence-corrected chi connectivity index (χ0v) is 14.4. The first kappa shape index (κ1) is 16.3. The number of hydrogen-bond donors (Lipinski definition) is 1. The van der Waals surface area contributed by atoms with Crippen molar-refractivity contribution in [3.05, 3.63) is 78.1 Å². The van der Waals surface area contributed by atoms with E-state index in [0.29, 0.717) is 25.3 Å². The second-order valence-corrected chi connectivity index (χ2v) is 6.12. The van der Waals surface area contributed by atoms with Crippen LogP contribution in [0, 0.1) is 0 Å². The zero-order chi connectivity index (χ0) is 17.8. The number of nitrogens with zero attached hydrogens (tertiary/aromatic N) is 1. The minimum Gasteiger partial charge on any atom is -0.486 e. The van der Waals surface area contributed by atoms with Gasteiger partial charge in [-0.15, -0.1) is 0 Å². The molecule has 5 nitrogen and oxygen atoms in total. The maximum Gasteiger partial charge on any atom is 0.251 e. The minimum atomic E-state index is -0.0680. The number of carbonyl (C=O) groups is 1. The van der Waals surface area contributed by atoms with Crippen molar-refractivity contribution in [3.8, 4) is 17.2 Å². The van der Waals surface area contributed by atoms with Crippen LogP contribution < -0.4 is 14.8 Å². The highest BCUT2D eigenvalue weighted by atomic mass is 16.6. The number of fused-ring (bicyclic) bond motifs is 1. The number of ether oxygens (including phenoxy) is 2. The molecule has 0 unspecified atom stereocenters. The summed E-state index contributed by atoms with van der Waals surface area (Å²) in [6.07, 6.45) is 4.69. The molecule has 1 aliphatic rings. The van der Waals surface area contributed by atoms with E-state index in [9.17, 15) is 4.79 Å². The van der Waals surface area contributed by atoms with E-state index in [2.05, 4.69) is 5.32 Å². The van der Waals surface area contributed by atoms with Crippen molar-refractivity contribution in [2.24, 2.45) is 0 Å². The minimum absolute atomic E-state index is 0.0680. The summed E-state index contributed by atoms with van der Waals surface area (Å²) in [6, 6.07) is 17.4. The quantitative estimate of drug-likeness (QED) is 0.770. The molecule has 0 atom stereocenters. The summed E-state index contributed by atoms with van der Waals surface area (Å²) in [5.41, 5.74) is 2.79. The molecule has 1 amide bonds. The highest BCUT2D eigenvalue weighted by Gasteiger charge is 2.12. The van der Waals surface area contributed by atoms with Crippen LogP contribution >= 0.6 is 0 Å². The molecule has 0 radical (unpaired) electrons. The standard InChI is InChI=1S/C21H20N2O3/c24-21(17-4-6-18(7-5-17)23-11-1-2-12-23)22-10-9-16-3-8-19-20(15-16)26-14-13-25-19/h1-8,11-12,15H,9-10,13-14H2,(H,22,24). The average molecular weight is 348 g/mol. The number of rotatable bonds is 5. The molecular weight excluding hydrogens is 328 g/mol. The molecule has 0 fully saturated rings. The monoisotopic (exact) mass is 348 g/mol. The summed E-state index contributed by atoms with van der Waals surface area (Å²) in [7, 11) is 0. The largest absolute Gasteiger partial charge is 0.486 e. The summed E-state index contributed by atoms with van der Waals surface area (Å²) >= 11 is 0. The Morgan fingerprint density at radius 2 is 1.69 bits per heavy atom. The van der Waals surface area contributed by atoms with E-state index < -0.39 is 0 Å². The van der Waals surface area contributed by atoms with E-state index >= 15 is 0 Å². The second-order valence-electron chi connectivity index (χ2n) is 6.12. The smallest absolute Gasteiger partial charge is 0.251 e. The van der Waals surface area contributed by atoms with Crippen LogP contribution in [-0.4, -0.2) is 30.2 Å². The van der Waals surface area contributed by atoms with Crippen LogP contribution in [-0.2, 0) is 6.42 Å². The lowest BCUT2D eigenvalue weighted by Crippen LogP contribution is -2.25. The molecule has 0 saturated heterocycles. The molecule has 5 heteroatoms. The maximum absolute atomic E-state index is 12.3. The number of benzene rings is 2. The Labute approximate surface area is 152 Å². The van der Waals surface area contributed by atoms with Crippen molar-refractivity contribution in [1.29, 1.82) is 0 Å². The predicted molar refractivity (Wildman–Crippen MR) is 99.2 cm³/mol. The molecule has 26 heavy (non-hydrogen) atoms. The van der Waals surface area contributed by atoms with Crippen molar-refractivity contribution in [2.75, 3.05) is 19.8 Å². The number of carbonyl (C=O) groups excluding carboxylic acids is 1. The first-order valence-corrected chi connectivity index (χ1v) is 8.70. The number of amides is 1. The van der Waals surface area contributed by atoms with Crippen LogP contribution in [0.4, 0.5) is 0 Å². The van der Waals surface area contributed by atoms with E-state index in [4.69, 9.17) is 9.47 Å². The molecule has 1 N–H and O–H groups in total. The highest BCUT2D eigenvalue weighted by molar-refractivity contribution is 5.94. The normalized spacial score (nSPS) is 12.6. The van der Waals surface area contributed by atoms with Crippen LogP contribution in [0.2, 0.25) is 0 Å². The third-order valence-corrected chi connectivity index (χ3v) is 4.34. The van der Waals surface area contributed by atoms with Gasteiger partial charge < -0.3 is 19.4 Å². The first-order chi connectivity index (χ1) is 12.8.